The first-order valence-corrected chi connectivity index (χ1v) is 12.1. The first-order valence-electron chi connectivity index (χ1n) is 12.1. The Kier molecular flexibility index (Phi) is 6.76. The molecule has 0 bridgehead atoms. The summed E-state index contributed by atoms with van der Waals surface area (Å²) in [6, 6.07) is 23.3. The third kappa shape index (κ3) is 4.85. The molecule has 1 aliphatic carbocycles. The van der Waals surface area contributed by atoms with Crippen molar-refractivity contribution in [2.24, 2.45) is 0 Å². The SMILES string of the molecule is COc1cccc(C2CC(=O)C3=C(C2)NC(=O)CC3c2ccc(OC)c(OCc3ccccc3)c2)c1. The van der Waals surface area contributed by atoms with Gasteiger partial charge in [-0.1, -0.05) is 48.5 Å². The number of hydrogen-bond donors (Lipinski definition) is 1. The average Bonchev–Trinajstić information content (AvgIpc) is 2.91. The maximum Gasteiger partial charge on any atom is 0.225 e. The molecule has 2 unspecified atom stereocenters. The predicted octanol–water partition coefficient (Wildman–Crippen LogP) is 5.29. The highest BCUT2D eigenvalue weighted by atomic mass is 16.5. The standard InChI is InChI=1S/C30H29NO5/c1-34-23-10-6-9-20(13-23)22-14-25-30(26(32)15-22)24(17-29(33)31-25)21-11-12-27(35-2)28(16-21)36-18-19-7-4-3-5-8-19/h3-13,16,22,24H,14-15,17-18H2,1-2H3,(H,31,33). The van der Waals surface area contributed by atoms with Crippen LogP contribution >= 0.6 is 0 Å². The summed E-state index contributed by atoms with van der Waals surface area (Å²) in [4.78, 5) is 26.2. The lowest BCUT2D eigenvalue weighted by molar-refractivity contribution is -0.122. The normalized spacial score (nSPS) is 19.4. The highest BCUT2D eigenvalue weighted by Gasteiger charge is 2.38. The maximum atomic E-state index is 13.5. The fourth-order valence-electron chi connectivity index (χ4n) is 5.13. The number of hydrogen-bond acceptors (Lipinski definition) is 5. The Hall–Kier alpha value is -4.06. The Morgan fingerprint density at radius 2 is 1.64 bits per heavy atom. The largest absolute Gasteiger partial charge is 0.497 e. The second-order valence-electron chi connectivity index (χ2n) is 9.19. The quantitative estimate of drug-likeness (QED) is 0.495. The molecule has 3 aromatic rings. The molecule has 0 radical (unpaired) electrons. The molecule has 1 N–H and O–H groups in total. The molecule has 0 spiro atoms. The summed E-state index contributed by atoms with van der Waals surface area (Å²) >= 11 is 0. The van der Waals surface area contributed by atoms with Crippen LogP contribution in [0.2, 0.25) is 0 Å². The van der Waals surface area contributed by atoms with E-state index in [-0.39, 0.29) is 29.9 Å². The number of nitrogens with one attached hydrogen (secondary N) is 1. The average molecular weight is 484 g/mol. The van der Waals surface area contributed by atoms with Gasteiger partial charge in [0.05, 0.1) is 14.2 Å². The van der Waals surface area contributed by atoms with Crippen LogP contribution in [0.3, 0.4) is 0 Å². The molecule has 5 rings (SSSR count). The number of amides is 1. The fourth-order valence-corrected chi connectivity index (χ4v) is 5.13. The summed E-state index contributed by atoms with van der Waals surface area (Å²) in [6.45, 7) is 0.390. The summed E-state index contributed by atoms with van der Waals surface area (Å²) in [5, 5.41) is 2.99. The van der Waals surface area contributed by atoms with Gasteiger partial charge in [0.1, 0.15) is 12.4 Å². The van der Waals surface area contributed by atoms with E-state index in [0.717, 1.165) is 28.1 Å². The highest BCUT2D eigenvalue weighted by Crippen LogP contribution is 2.44. The second kappa shape index (κ2) is 10.3. The summed E-state index contributed by atoms with van der Waals surface area (Å²) in [6.07, 6.45) is 1.22. The minimum atomic E-state index is -0.322. The van der Waals surface area contributed by atoms with Crippen LogP contribution in [0.25, 0.3) is 0 Å². The van der Waals surface area contributed by atoms with E-state index in [2.05, 4.69) is 5.32 Å². The van der Waals surface area contributed by atoms with Gasteiger partial charge < -0.3 is 19.5 Å². The summed E-state index contributed by atoms with van der Waals surface area (Å²) in [5.41, 5.74) is 4.37. The molecule has 1 aliphatic heterocycles. The molecule has 0 fully saturated rings. The lowest BCUT2D eigenvalue weighted by Crippen LogP contribution is -2.38. The number of methoxy groups -OCH3 is 2. The van der Waals surface area contributed by atoms with Gasteiger partial charge in [0.2, 0.25) is 5.91 Å². The van der Waals surface area contributed by atoms with E-state index in [4.69, 9.17) is 14.2 Å². The third-order valence-corrected chi connectivity index (χ3v) is 6.93. The van der Waals surface area contributed by atoms with Crippen molar-refractivity contribution < 1.29 is 23.8 Å². The van der Waals surface area contributed by atoms with Crippen LogP contribution in [0, 0.1) is 0 Å². The lowest BCUT2D eigenvalue weighted by atomic mass is 9.73. The fraction of sp³-hybridized carbons (Fsp3) is 0.267. The molecule has 2 atom stereocenters. The van der Waals surface area contributed by atoms with E-state index >= 15 is 0 Å². The van der Waals surface area contributed by atoms with Crippen molar-refractivity contribution in [1.82, 2.24) is 5.32 Å². The molecule has 0 aromatic heterocycles. The van der Waals surface area contributed by atoms with Gasteiger partial charge >= 0.3 is 0 Å². The van der Waals surface area contributed by atoms with Gasteiger partial charge in [-0.2, -0.15) is 0 Å². The topological polar surface area (TPSA) is 73.9 Å². The summed E-state index contributed by atoms with van der Waals surface area (Å²) in [5.74, 6) is 1.61. The van der Waals surface area contributed by atoms with Gasteiger partial charge in [0.25, 0.3) is 0 Å². The van der Waals surface area contributed by atoms with Crippen molar-refractivity contribution in [2.45, 2.75) is 37.7 Å². The Balaban J connectivity index is 1.45. The Morgan fingerprint density at radius 3 is 2.42 bits per heavy atom. The number of ether oxygens (including phenoxy) is 3. The minimum absolute atomic E-state index is 0.00830. The van der Waals surface area contributed by atoms with Gasteiger partial charge in [0.15, 0.2) is 17.3 Å². The van der Waals surface area contributed by atoms with Crippen LogP contribution in [0.1, 0.15) is 47.8 Å². The van der Waals surface area contributed by atoms with Crippen LogP contribution < -0.4 is 19.5 Å². The summed E-state index contributed by atoms with van der Waals surface area (Å²) < 4.78 is 17.0. The molecule has 6 heteroatoms. The van der Waals surface area contributed by atoms with E-state index in [1.54, 1.807) is 14.2 Å². The predicted molar refractivity (Wildman–Crippen MR) is 136 cm³/mol. The van der Waals surface area contributed by atoms with Gasteiger partial charge in [-0.25, -0.2) is 0 Å². The third-order valence-electron chi connectivity index (χ3n) is 6.93. The molecule has 0 saturated carbocycles. The minimum Gasteiger partial charge on any atom is -0.497 e. The molecule has 1 heterocycles. The molecule has 6 nitrogen and oxygen atoms in total. The molecule has 3 aromatic carbocycles. The van der Waals surface area contributed by atoms with E-state index in [1.807, 2.05) is 72.8 Å². The first-order chi connectivity index (χ1) is 17.6. The highest BCUT2D eigenvalue weighted by molar-refractivity contribution is 6.02. The van der Waals surface area contributed by atoms with Crippen molar-refractivity contribution in [2.75, 3.05) is 14.2 Å². The number of ketones is 1. The van der Waals surface area contributed by atoms with E-state index < -0.39 is 0 Å². The molecular weight excluding hydrogens is 454 g/mol. The van der Waals surface area contributed by atoms with E-state index in [0.29, 0.717) is 36.5 Å². The van der Waals surface area contributed by atoms with Gasteiger partial charge in [-0.3, -0.25) is 9.59 Å². The Morgan fingerprint density at radius 1 is 0.806 bits per heavy atom. The molecule has 0 saturated heterocycles. The van der Waals surface area contributed by atoms with Crippen molar-refractivity contribution in [1.29, 1.82) is 0 Å². The van der Waals surface area contributed by atoms with E-state index in [1.165, 1.54) is 0 Å². The Labute approximate surface area is 210 Å². The zero-order valence-electron chi connectivity index (χ0n) is 20.5. The van der Waals surface area contributed by atoms with Gasteiger partial charge in [-0.05, 0) is 53.3 Å². The van der Waals surface area contributed by atoms with Crippen LogP contribution in [0.15, 0.2) is 84.1 Å². The molecule has 184 valence electrons. The maximum absolute atomic E-state index is 13.5. The monoisotopic (exact) mass is 483 g/mol. The number of rotatable bonds is 7. The molecule has 2 aliphatic rings. The number of benzene rings is 3. The van der Waals surface area contributed by atoms with Gasteiger partial charge in [-0.15, -0.1) is 0 Å². The molecular formula is C30H29NO5. The van der Waals surface area contributed by atoms with Crippen LogP contribution in [-0.4, -0.2) is 25.9 Å². The number of carbonyl (C=O) groups excluding carboxylic acids is 2. The van der Waals surface area contributed by atoms with E-state index in [9.17, 15) is 9.59 Å². The van der Waals surface area contributed by atoms with Crippen LogP contribution in [0.4, 0.5) is 0 Å². The van der Waals surface area contributed by atoms with Crippen LogP contribution in [0.5, 0.6) is 17.2 Å². The number of carbonyl (C=O) groups is 2. The second-order valence-corrected chi connectivity index (χ2v) is 9.19. The van der Waals surface area contributed by atoms with Gasteiger partial charge in [0, 0.05) is 30.0 Å². The molecule has 36 heavy (non-hydrogen) atoms. The smallest absolute Gasteiger partial charge is 0.225 e. The molecule has 1 amide bonds. The first kappa shape index (κ1) is 23.7. The zero-order chi connectivity index (χ0) is 25.1. The summed E-state index contributed by atoms with van der Waals surface area (Å²) in [7, 11) is 3.23. The number of allylic oxidation sites excluding steroid dienone is 2. The van der Waals surface area contributed by atoms with Crippen molar-refractivity contribution in [3.8, 4) is 17.2 Å². The Bertz CT molecular complexity index is 1310. The van der Waals surface area contributed by atoms with Crippen molar-refractivity contribution in [3.05, 3.63) is 101 Å². The van der Waals surface area contributed by atoms with Crippen LogP contribution in [-0.2, 0) is 16.2 Å². The number of Topliss-reactive ketones (excluding diaryl/α,β-unsaturated/α-hetero) is 1. The van der Waals surface area contributed by atoms with Crippen molar-refractivity contribution in [3.63, 3.8) is 0 Å². The zero-order valence-corrected chi connectivity index (χ0v) is 20.5. The van der Waals surface area contributed by atoms with Crippen molar-refractivity contribution >= 4 is 11.7 Å². The lowest BCUT2D eigenvalue weighted by Gasteiger charge is -2.34.